The van der Waals surface area contributed by atoms with E-state index < -0.39 is 22.8 Å². The highest BCUT2D eigenvalue weighted by Gasteiger charge is 2.30. The maximum Gasteiger partial charge on any atom is 0.309 e. The minimum Gasteiger partial charge on any atom is -0.481 e. The van der Waals surface area contributed by atoms with E-state index in [1.165, 1.54) is 25.7 Å². The summed E-state index contributed by atoms with van der Waals surface area (Å²) in [5.41, 5.74) is -1.22. The highest BCUT2D eigenvalue weighted by Crippen LogP contribution is 2.41. The third kappa shape index (κ3) is 8.14. The first kappa shape index (κ1) is 25.6. The van der Waals surface area contributed by atoms with Crippen LogP contribution < -0.4 is 0 Å². The van der Waals surface area contributed by atoms with Crippen LogP contribution in [0, 0.1) is 10.8 Å². The van der Waals surface area contributed by atoms with Gasteiger partial charge in [-0.1, -0.05) is 25.0 Å². The Morgan fingerprint density at radius 2 is 1.13 bits per heavy atom. The lowest BCUT2D eigenvalue weighted by atomic mass is 9.87. The predicted octanol–water partition coefficient (Wildman–Crippen LogP) is 6.63. The molecular formula is C24H40O4S2. The largest absolute Gasteiger partial charge is 0.481 e. The van der Waals surface area contributed by atoms with Crippen molar-refractivity contribution in [3.05, 3.63) is 12.2 Å². The van der Waals surface area contributed by atoms with Gasteiger partial charge >= 0.3 is 11.9 Å². The second kappa shape index (κ2) is 11.3. The predicted molar refractivity (Wildman–Crippen MR) is 128 cm³/mol. The van der Waals surface area contributed by atoms with E-state index in [0.717, 1.165) is 38.5 Å². The number of aliphatic carboxylic acids is 2. The Labute approximate surface area is 191 Å². The van der Waals surface area contributed by atoms with Gasteiger partial charge in [0.2, 0.25) is 0 Å². The monoisotopic (exact) mass is 456 g/mol. The zero-order valence-corrected chi connectivity index (χ0v) is 20.7. The number of hydrogen-bond donors (Lipinski definition) is 2. The van der Waals surface area contributed by atoms with Gasteiger partial charge in [-0.3, -0.25) is 9.59 Å². The summed E-state index contributed by atoms with van der Waals surface area (Å²) < 4.78 is 0. The van der Waals surface area contributed by atoms with Crippen molar-refractivity contribution in [3.63, 3.8) is 0 Å². The lowest BCUT2D eigenvalue weighted by Crippen LogP contribution is -2.23. The third-order valence-corrected chi connectivity index (χ3v) is 9.83. The van der Waals surface area contributed by atoms with Crippen LogP contribution in [0.5, 0.6) is 0 Å². The fraction of sp³-hybridized carbons (Fsp3) is 0.833. The number of rotatable bonds is 12. The first-order valence-corrected chi connectivity index (χ1v) is 13.3. The first-order chi connectivity index (χ1) is 14.0. The number of carbonyl (C=O) groups is 2. The molecule has 2 fully saturated rings. The van der Waals surface area contributed by atoms with Crippen LogP contribution in [0.2, 0.25) is 0 Å². The maximum atomic E-state index is 11.2. The normalized spacial score (nSPS) is 27.7. The van der Waals surface area contributed by atoms with Crippen molar-refractivity contribution in [1.29, 1.82) is 0 Å². The molecule has 2 aliphatic heterocycles. The molecule has 0 aliphatic carbocycles. The van der Waals surface area contributed by atoms with E-state index in [1.54, 1.807) is 0 Å². The van der Waals surface area contributed by atoms with E-state index in [-0.39, 0.29) is 0 Å². The fourth-order valence-electron chi connectivity index (χ4n) is 4.18. The summed E-state index contributed by atoms with van der Waals surface area (Å²) >= 11 is 4.15. The van der Waals surface area contributed by atoms with Crippen molar-refractivity contribution in [3.8, 4) is 0 Å². The van der Waals surface area contributed by atoms with Gasteiger partial charge in [0.05, 0.1) is 10.8 Å². The summed E-state index contributed by atoms with van der Waals surface area (Å²) in [6, 6.07) is 0. The smallest absolute Gasteiger partial charge is 0.309 e. The molecule has 0 aromatic rings. The van der Waals surface area contributed by atoms with Crippen molar-refractivity contribution in [2.45, 2.75) is 113 Å². The molecule has 4 atom stereocenters. The van der Waals surface area contributed by atoms with Gasteiger partial charge in [0.1, 0.15) is 0 Å². The van der Waals surface area contributed by atoms with Gasteiger partial charge in [0.25, 0.3) is 0 Å². The SMILES string of the molecule is CC(C)(CCCC1CCC(/C=C/C2CCC(CCCC(C)(C)C(=O)O)S2)S1)C(=O)O. The molecule has 0 saturated carbocycles. The van der Waals surface area contributed by atoms with E-state index in [4.69, 9.17) is 0 Å². The van der Waals surface area contributed by atoms with Crippen molar-refractivity contribution in [2.75, 3.05) is 0 Å². The van der Waals surface area contributed by atoms with Crippen LogP contribution in [-0.4, -0.2) is 43.2 Å². The van der Waals surface area contributed by atoms with E-state index in [1.807, 2.05) is 27.7 Å². The molecule has 0 aromatic heterocycles. The summed E-state index contributed by atoms with van der Waals surface area (Å²) in [4.78, 5) is 22.4. The molecule has 172 valence electrons. The van der Waals surface area contributed by atoms with Crippen LogP contribution in [0.15, 0.2) is 12.2 Å². The molecule has 4 unspecified atom stereocenters. The summed E-state index contributed by atoms with van der Waals surface area (Å²) in [6.07, 6.45) is 15.5. The lowest BCUT2D eigenvalue weighted by Gasteiger charge is -2.19. The Bertz CT molecular complexity index is 562. The molecule has 30 heavy (non-hydrogen) atoms. The number of carboxylic acids is 2. The van der Waals surface area contributed by atoms with Crippen LogP contribution in [0.25, 0.3) is 0 Å². The molecule has 0 radical (unpaired) electrons. The quantitative estimate of drug-likeness (QED) is 0.321. The van der Waals surface area contributed by atoms with Crippen LogP contribution in [0.4, 0.5) is 0 Å². The summed E-state index contributed by atoms with van der Waals surface area (Å²) in [5, 5.41) is 21.0. The maximum absolute atomic E-state index is 11.2. The molecule has 2 rings (SSSR count). The van der Waals surface area contributed by atoms with Crippen molar-refractivity contribution < 1.29 is 19.8 Å². The minimum absolute atomic E-state index is 0.609. The van der Waals surface area contributed by atoms with Gasteiger partial charge in [-0.2, -0.15) is 23.5 Å². The average molecular weight is 457 g/mol. The van der Waals surface area contributed by atoms with E-state index in [0.29, 0.717) is 21.0 Å². The standard InChI is InChI=1S/C24H40O4S2/c1-23(2,21(25)26)15-5-7-17-9-11-19(29-17)13-14-20-12-10-18(30-20)8-6-16-24(3,4)22(27)28/h13-14,17-20H,5-12,15-16H2,1-4H3,(H,25,26)(H,27,28)/b14-13+. The Balaban J connectivity index is 1.63. The Morgan fingerprint density at radius 3 is 1.47 bits per heavy atom. The molecule has 0 spiro atoms. The molecule has 0 bridgehead atoms. The molecule has 2 saturated heterocycles. The molecule has 2 N–H and O–H groups in total. The second-order valence-electron chi connectivity index (χ2n) is 10.3. The zero-order chi connectivity index (χ0) is 22.4. The van der Waals surface area contributed by atoms with Crippen molar-refractivity contribution in [2.24, 2.45) is 10.8 Å². The van der Waals surface area contributed by atoms with Gasteiger partial charge in [-0.05, 0) is 79.1 Å². The molecule has 0 amide bonds. The first-order valence-electron chi connectivity index (χ1n) is 11.5. The summed E-state index contributed by atoms with van der Waals surface area (Å²) in [7, 11) is 0. The van der Waals surface area contributed by atoms with Gasteiger partial charge < -0.3 is 10.2 Å². The van der Waals surface area contributed by atoms with Gasteiger partial charge in [0, 0.05) is 21.0 Å². The number of thioether (sulfide) groups is 2. The Kier molecular flexibility index (Phi) is 9.66. The van der Waals surface area contributed by atoms with E-state index in [9.17, 15) is 19.8 Å². The fourth-order valence-corrected chi connectivity index (χ4v) is 7.23. The van der Waals surface area contributed by atoms with Gasteiger partial charge in [-0.15, -0.1) is 0 Å². The molecular weight excluding hydrogens is 416 g/mol. The van der Waals surface area contributed by atoms with E-state index >= 15 is 0 Å². The average Bonchev–Trinajstić information content (AvgIpc) is 3.29. The Morgan fingerprint density at radius 1 is 0.767 bits per heavy atom. The third-order valence-electron chi connectivity index (χ3n) is 6.63. The van der Waals surface area contributed by atoms with Crippen LogP contribution in [0.3, 0.4) is 0 Å². The van der Waals surface area contributed by atoms with Crippen LogP contribution in [0.1, 0.15) is 91.9 Å². The molecule has 6 heteroatoms. The number of carboxylic acid groups (broad SMARTS) is 2. The highest BCUT2D eigenvalue weighted by molar-refractivity contribution is 8.01. The van der Waals surface area contributed by atoms with Crippen molar-refractivity contribution in [1.82, 2.24) is 0 Å². The topological polar surface area (TPSA) is 74.6 Å². The lowest BCUT2D eigenvalue weighted by molar-refractivity contribution is -0.148. The molecule has 0 aromatic carbocycles. The molecule has 2 heterocycles. The van der Waals surface area contributed by atoms with E-state index in [2.05, 4.69) is 35.7 Å². The highest BCUT2D eigenvalue weighted by atomic mass is 32.2. The zero-order valence-electron chi connectivity index (χ0n) is 19.1. The second-order valence-corrected chi connectivity index (χ2v) is 13.4. The van der Waals surface area contributed by atoms with Crippen molar-refractivity contribution >= 4 is 35.5 Å². The summed E-state index contributed by atoms with van der Waals surface area (Å²) in [5.74, 6) is -1.39. The molecule has 2 aliphatic rings. The molecule has 4 nitrogen and oxygen atoms in total. The van der Waals surface area contributed by atoms with Gasteiger partial charge in [0.15, 0.2) is 0 Å². The summed E-state index contributed by atoms with van der Waals surface area (Å²) in [6.45, 7) is 7.29. The number of hydrogen-bond acceptors (Lipinski definition) is 4. The van der Waals surface area contributed by atoms with Gasteiger partial charge in [-0.25, -0.2) is 0 Å². The van der Waals surface area contributed by atoms with Crippen LogP contribution >= 0.6 is 23.5 Å². The Hall–Kier alpha value is -0.620. The minimum atomic E-state index is -0.694. The van der Waals surface area contributed by atoms with Crippen LogP contribution in [-0.2, 0) is 9.59 Å².